The summed E-state index contributed by atoms with van der Waals surface area (Å²) in [5.41, 5.74) is 4.55. The third kappa shape index (κ3) is 3.69. The van der Waals surface area contributed by atoms with E-state index in [9.17, 15) is 4.79 Å². The van der Waals surface area contributed by atoms with Gasteiger partial charge in [-0.15, -0.1) is 0 Å². The van der Waals surface area contributed by atoms with E-state index in [1.54, 1.807) is 14.0 Å². The molecule has 94 valence electrons. The normalized spacial score (nSPS) is 15.6. The second kappa shape index (κ2) is 7.05. The maximum absolute atomic E-state index is 11.8. The Morgan fingerprint density at radius 2 is 2.25 bits per heavy atom. The van der Waals surface area contributed by atoms with Crippen LogP contribution in [0, 0.1) is 5.41 Å². The Labute approximate surface area is 95.8 Å². The van der Waals surface area contributed by atoms with Crippen molar-refractivity contribution in [1.29, 1.82) is 0 Å². The standard InChI is InChI=1S/C10H21N3O3/c1-4-10(2,8(11)13-15)9(14)12-6-5-7-16-3/h15H,4-7H2,1-3H3,(H2,11,13)(H,12,14). The molecule has 6 nitrogen and oxygen atoms in total. The quantitative estimate of drug-likeness (QED) is 0.193. The van der Waals surface area contributed by atoms with Gasteiger partial charge in [0.25, 0.3) is 0 Å². The van der Waals surface area contributed by atoms with E-state index in [1.807, 2.05) is 6.92 Å². The second-order valence-electron chi connectivity index (χ2n) is 3.77. The third-order valence-electron chi connectivity index (χ3n) is 2.69. The molecule has 1 atom stereocenters. The summed E-state index contributed by atoms with van der Waals surface area (Å²) >= 11 is 0. The first-order valence-electron chi connectivity index (χ1n) is 5.28. The summed E-state index contributed by atoms with van der Waals surface area (Å²) in [5.74, 6) is -0.305. The second-order valence-corrected chi connectivity index (χ2v) is 3.77. The zero-order valence-electron chi connectivity index (χ0n) is 10.1. The fraction of sp³-hybridized carbons (Fsp3) is 0.800. The van der Waals surface area contributed by atoms with Crippen molar-refractivity contribution >= 4 is 11.7 Å². The van der Waals surface area contributed by atoms with Crippen LogP contribution in [-0.2, 0) is 9.53 Å². The molecule has 6 heteroatoms. The van der Waals surface area contributed by atoms with Crippen LogP contribution in [0.25, 0.3) is 0 Å². The smallest absolute Gasteiger partial charge is 0.233 e. The lowest BCUT2D eigenvalue weighted by Gasteiger charge is -2.25. The topological polar surface area (TPSA) is 96.9 Å². The Balaban J connectivity index is 4.32. The summed E-state index contributed by atoms with van der Waals surface area (Å²) in [6, 6.07) is 0. The number of nitrogens with two attached hydrogens (primary N) is 1. The van der Waals surface area contributed by atoms with Crippen LogP contribution in [-0.4, -0.2) is 37.2 Å². The first-order chi connectivity index (χ1) is 7.52. The number of rotatable bonds is 7. The number of hydrogen-bond donors (Lipinski definition) is 3. The summed E-state index contributed by atoms with van der Waals surface area (Å²) in [7, 11) is 1.61. The van der Waals surface area contributed by atoms with Gasteiger partial charge in [-0.2, -0.15) is 0 Å². The van der Waals surface area contributed by atoms with Crippen LogP contribution in [0.15, 0.2) is 5.16 Å². The molecular weight excluding hydrogens is 210 g/mol. The number of methoxy groups -OCH3 is 1. The molecule has 1 unspecified atom stereocenters. The van der Waals surface area contributed by atoms with Gasteiger partial charge in [-0.3, -0.25) is 4.79 Å². The summed E-state index contributed by atoms with van der Waals surface area (Å²) in [6.07, 6.45) is 1.21. The van der Waals surface area contributed by atoms with E-state index < -0.39 is 5.41 Å². The molecule has 0 heterocycles. The van der Waals surface area contributed by atoms with Crippen LogP contribution in [0.1, 0.15) is 26.7 Å². The van der Waals surface area contributed by atoms with E-state index in [-0.39, 0.29) is 11.7 Å². The number of carbonyl (C=O) groups excluding carboxylic acids is 1. The molecule has 16 heavy (non-hydrogen) atoms. The highest BCUT2D eigenvalue weighted by Gasteiger charge is 2.35. The van der Waals surface area contributed by atoms with Gasteiger partial charge in [-0.1, -0.05) is 12.1 Å². The molecule has 0 saturated heterocycles. The molecule has 0 spiro atoms. The van der Waals surface area contributed by atoms with E-state index in [0.717, 1.165) is 6.42 Å². The van der Waals surface area contributed by atoms with Gasteiger partial charge in [0.05, 0.1) is 0 Å². The fourth-order valence-corrected chi connectivity index (χ4v) is 1.18. The van der Waals surface area contributed by atoms with Crippen molar-refractivity contribution in [3.8, 4) is 0 Å². The largest absolute Gasteiger partial charge is 0.409 e. The average Bonchev–Trinajstić information content (AvgIpc) is 2.32. The minimum absolute atomic E-state index is 0.0701. The Bertz CT molecular complexity index is 256. The van der Waals surface area contributed by atoms with Gasteiger partial charge >= 0.3 is 0 Å². The first kappa shape index (κ1) is 14.7. The molecule has 0 aromatic rings. The molecular formula is C10H21N3O3. The number of nitrogens with zero attached hydrogens (tertiary/aromatic N) is 1. The zero-order chi connectivity index (χ0) is 12.6. The summed E-state index contributed by atoms with van der Waals surface area (Å²) in [5, 5.41) is 14.3. The molecule has 0 fully saturated rings. The molecule has 0 aliphatic heterocycles. The van der Waals surface area contributed by atoms with Crippen molar-refractivity contribution in [3.63, 3.8) is 0 Å². The van der Waals surface area contributed by atoms with Crippen LogP contribution in [0.5, 0.6) is 0 Å². The van der Waals surface area contributed by atoms with Crippen LogP contribution >= 0.6 is 0 Å². The summed E-state index contributed by atoms with van der Waals surface area (Å²) in [4.78, 5) is 11.8. The number of ether oxygens (including phenoxy) is 1. The molecule has 0 aromatic heterocycles. The van der Waals surface area contributed by atoms with Crippen molar-refractivity contribution in [2.45, 2.75) is 26.7 Å². The Morgan fingerprint density at radius 3 is 2.69 bits per heavy atom. The predicted octanol–water partition coefficient (Wildman–Crippen LogP) is 0.302. The molecule has 0 aliphatic rings. The average molecular weight is 231 g/mol. The number of oxime groups is 1. The highest BCUT2D eigenvalue weighted by Crippen LogP contribution is 2.21. The monoisotopic (exact) mass is 231 g/mol. The summed E-state index contributed by atoms with van der Waals surface area (Å²) < 4.78 is 4.86. The summed E-state index contributed by atoms with van der Waals surface area (Å²) in [6.45, 7) is 4.56. The number of hydrogen-bond acceptors (Lipinski definition) is 4. The third-order valence-corrected chi connectivity index (χ3v) is 2.69. The van der Waals surface area contributed by atoms with Crippen LogP contribution in [0.3, 0.4) is 0 Å². The van der Waals surface area contributed by atoms with Gasteiger partial charge < -0.3 is 21.0 Å². The molecule has 0 aromatic carbocycles. The molecule has 0 rings (SSSR count). The SMILES string of the molecule is CCC(C)(C(=O)NCCCOC)C(N)=NO. The minimum atomic E-state index is -0.957. The lowest BCUT2D eigenvalue weighted by Crippen LogP contribution is -2.47. The van der Waals surface area contributed by atoms with E-state index in [1.165, 1.54) is 0 Å². The number of amidine groups is 1. The van der Waals surface area contributed by atoms with Gasteiger partial charge in [0.1, 0.15) is 5.41 Å². The number of carbonyl (C=O) groups is 1. The van der Waals surface area contributed by atoms with E-state index in [0.29, 0.717) is 19.6 Å². The molecule has 4 N–H and O–H groups in total. The van der Waals surface area contributed by atoms with Crippen LogP contribution in [0.4, 0.5) is 0 Å². The van der Waals surface area contributed by atoms with Crippen molar-refractivity contribution in [3.05, 3.63) is 0 Å². The van der Waals surface area contributed by atoms with Gasteiger partial charge in [-0.25, -0.2) is 0 Å². The van der Waals surface area contributed by atoms with E-state index in [4.69, 9.17) is 15.7 Å². The highest BCUT2D eigenvalue weighted by molar-refractivity contribution is 6.06. The van der Waals surface area contributed by atoms with Crippen LogP contribution < -0.4 is 11.1 Å². The predicted molar refractivity (Wildman–Crippen MR) is 61.3 cm³/mol. The highest BCUT2D eigenvalue weighted by atomic mass is 16.5. The Morgan fingerprint density at radius 1 is 1.62 bits per heavy atom. The van der Waals surface area contributed by atoms with Crippen LogP contribution in [0.2, 0.25) is 0 Å². The lowest BCUT2D eigenvalue weighted by molar-refractivity contribution is -0.127. The lowest BCUT2D eigenvalue weighted by atomic mass is 9.85. The number of nitrogens with one attached hydrogen (secondary N) is 1. The molecule has 0 radical (unpaired) electrons. The maximum Gasteiger partial charge on any atom is 0.233 e. The van der Waals surface area contributed by atoms with Gasteiger partial charge in [0.2, 0.25) is 5.91 Å². The van der Waals surface area contributed by atoms with Gasteiger partial charge in [0.15, 0.2) is 5.84 Å². The van der Waals surface area contributed by atoms with Crippen molar-refractivity contribution < 1.29 is 14.7 Å². The molecule has 0 bridgehead atoms. The van der Waals surface area contributed by atoms with Crippen molar-refractivity contribution in [1.82, 2.24) is 5.32 Å². The van der Waals surface area contributed by atoms with E-state index in [2.05, 4.69) is 10.5 Å². The Hall–Kier alpha value is -1.30. The minimum Gasteiger partial charge on any atom is -0.409 e. The zero-order valence-corrected chi connectivity index (χ0v) is 10.1. The van der Waals surface area contributed by atoms with Crippen molar-refractivity contribution in [2.75, 3.05) is 20.3 Å². The van der Waals surface area contributed by atoms with Gasteiger partial charge in [-0.05, 0) is 19.8 Å². The molecule has 0 aliphatic carbocycles. The fourth-order valence-electron chi connectivity index (χ4n) is 1.18. The van der Waals surface area contributed by atoms with Gasteiger partial charge in [0, 0.05) is 20.3 Å². The number of amides is 1. The maximum atomic E-state index is 11.8. The van der Waals surface area contributed by atoms with E-state index >= 15 is 0 Å². The first-order valence-corrected chi connectivity index (χ1v) is 5.28. The van der Waals surface area contributed by atoms with Crippen molar-refractivity contribution in [2.24, 2.45) is 16.3 Å². The molecule has 1 amide bonds. The Kier molecular flexibility index (Phi) is 6.48. The molecule has 0 saturated carbocycles.